The number of nitrogens with one attached hydrogen (secondary N) is 2. The molecular formula is C20H25N7O. The third-order valence-corrected chi connectivity index (χ3v) is 4.86. The highest BCUT2D eigenvalue weighted by Crippen LogP contribution is 2.33. The molecule has 28 heavy (non-hydrogen) atoms. The van der Waals surface area contributed by atoms with Gasteiger partial charge in [0.1, 0.15) is 11.0 Å². The van der Waals surface area contributed by atoms with Gasteiger partial charge in [-0.25, -0.2) is 15.0 Å². The number of hydrogen-bond acceptors (Lipinski definition) is 8. The molecule has 4 rings (SSSR count). The highest BCUT2D eigenvalue weighted by molar-refractivity contribution is 5.86. The average molecular weight is 379 g/mol. The van der Waals surface area contributed by atoms with Gasteiger partial charge in [-0.3, -0.25) is 0 Å². The Morgan fingerprint density at radius 2 is 1.96 bits per heavy atom. The van der Waals surface area contributed by atoms with Gasteiger partial charge in [-0.15, -0.1) is 0 Å². The molecule has 0 spiro atoms. The fourth-order valence-corrected chi connectivity index (χ4v) is 3.50. The van der Waals surface area contributed by atoms with Crippen LogP contribution in [0.4, 0.5) is 17.7 Å². The first-order valence-electron chi connectivity index (χ1n) is 9.55. The Balaban J connectivity index is 1.69. The fraction of sp³-hybridized carbons (Fsp3) is 0.400. The first-order valence-corrected chi connectivity index (χ1v) is 9.55. The van der Waals surface area contributed by atoms with Gasteiger partial charge in [-0.2, -0.15) is 4.98 Å². The lowest BCUT2D eigenvalue weighted by Crippen LogP contribution is -2.22. The van der Waals surface area contributed by atoms with E-state index in [0.29, 0.717) is 29.4 Å². The molecule has 146 valence electrons. The zero-order valence-corrected chi connectivity index (χ0v) is 16.3. The fourth-order valence-electron chi connectivity index (χ4n) is 3.50. The van der Waals surface area contributed by atoms with E-state index in [2.05, 4.69) is 37.5 Å². The van der Waals surface area contributed by atoms with E-state index in [4.69, 9.17) is 0 Å². The number of nitrogens with zero attached hydrogens (tertiary/aromatic N) is 5. The second-order valence-electron chi connectivity index (χ2n) is 7.21. The Morgan fingerprint density at radius 3 is 2.75 bits per heavy atom. The van der Waals surface area contributed by atoms with E-state index in [0.717, 1.165) is 29.9 Å². The summed E-state index contributed by atoms with van der Waals surface area (Å²) in [5.74, 6) is 1.75. The molecule has 0 radical (unpaired) electrons. The van der Waals surface area contributed by atoms with Crippen molar-refractivity contribution in [2.75, 3.05) is 36.2 Å². The molecule has 2 heterocycles. The summed E-state index contributed by atoms with van der Waals surface area (Å²) in [6.45, 7) is 2.90. The molecule has 0 unspecified atom stereocenters. The van der Waals surface area contributed by atoms with Gasteiger partial charge < -0.3 is 20.6 Å². The van der Waals surface area contributed by atoms with Gasteiger partial charge in [-0.1, -0.05) is 31.2 Å². The molecular weight excluding hydrogens is 354 g/mol. The molecule has 2 atom stereocenters. The number of hydrogen-bond donors (Lipinski definition) is 3. The smallest absolute Gasteiger partial charge is 0.225 e. The summed E-state index contributed by atoms with van der Waals surface area (Å²) < 4.78 is 0. The first kappa shape index (κ1) is 18.4. The molecule has 0 aliphatic heterocycles. The maximum absolute atomic E-state index is 10.5. The molecule has 1 aromatic carbocycles. The first-order chi connectivity index (χ1) is 13.6. The van der Waals surface area contributed by atoms with Crippen LogP contribution in [0.1, 0.15) is 30.5 Å². The van der Waals surface area contributed by atoms with Gasteiger partial charge in [0.05, 0.1) is 18.3 Å². The van der Waals surface area contributed by atoms with Crippen LogP contribution in [0.5, 0.6) is 0 Å². The van der Waals surface area contributed by atoms with Crippen LogP contribution >= 0.6 is 0 Å². The maximum atomic E-state index is 10.5. The van der Waals surface area contributed by atoms with Gasteiger partial charge in [0.15, 0.2) is 5.82 Å². The van der Waals surface area contributed by atoms with Crippen molar-refractivity contribution < 1.29 is 5.11 Å². The Labute approximate surface area is 164 Å². The molecule has 3 N–H and O–H groups in total. The minimum atomic E-state index is -0.512. The lowest BCUT2D eigenvalue weighted by atomic mass is 10.1. The van der Waals surface area contributed by atoms with Crippen LogP contribution in [-0.4, -0.2) is 51.8 Å². The summed E-state index contributed by atoms with van der Waals surface area (Å²) in [4.78, 5) is 20.1. The summed E-state index contributed by atoms with van der Waals surface area (Å²) in [6.07, 6.45) is 2.80. The standard InChI is InChI=1S/C20H25N7O/c1-4-9-21-19-23-14-11-22-20(25-17(14)18(26-19)27(2)3)24-16-13-8-6-5-7-12(13)10-15(16)28/h5-8,11,15-16,28H,4,9-10H2,1-3H3,(H,21,23,26)(H,22,24,25)/t15-,16+/m1/s1. The van der Waals surface area contributed by atoms with Crippen molar-refractivity contribution in [3.8, 4) is 0 Å². The zero-order valence-electron chi connectivity index (χ0n) is 16.3. The molecule has 8 nitrogen and oxygen atoms in total. The number of aliphatic hydroxyl groups excluding tert-OH is 1. The zero-order chi connectivity index (χ0) is 19.7. The van der Waals surface area contributed by atoms with Crippen LogP contribution in [0.2, 0.25) is 0 Å². The quantitative estimate of drug-likeness (QED) is 0.600. The topological polar surface area (TPSA) is 99.1 Å². The SMILES string of the molecule is CCCNc1nc(N(C)C)c2nc(N[C@H]3c4ccccc4C[C@H]3O)ncc2n1. The van der Waals surface area contributed by atoms with E-state index >= 15 is 0 Å². The Bertz CT molecular complexity index is 991. The van der Waals surface area contributed by atoms with E-state index in [9.17, 15) is 5.11 Å². The van der Waals surface area contributed by atoms with Crippen LogP contribution in [0.3, 0.4) is 0 Å². The Kier molecular flexibility index (Phi) is 4.95. The predicted molar refractivity (Wildman–Crippen MR) is 111 cm³/mol. The molecule has 0 saturated heterocycles. The van der Waals surface area contributed by atoms with Gasteiger partial charge in [-0.05, 0) is 17.5 Å². The van der Waals surface area contributed by atoms with Crippen molar-refractivity contribution in [3.05, 3.63) is 41.6 Å². The third kappa shape index (κ3) is 3.43. The van der Waals surface area contributed by atoms with E-state index in [-0.39, 0.29) is 6.04 Å². The number of aromatic nitrogens is 4. The minimum Gasteiger partial charge on any atom is -0.390 e. The number of benzene rings is 1. The van der Waals surface area contributed by atoms with Crippen molar-refractivity contribution >= 4 is 28.7 Å². The van der Waals surface area contributed by atoms with E-state index in [1.54, 1.807) is 6.20 Å². The largest absolute Gasteiger partial charge is 0.390 e. The van der Waals surface area contributed by atoms with E-state index < -0.39 is 6.10 Å². The highest BCUT2D eigenvalue weighted by atomic mass is 16.3. The third-order valence-electron chi connectivity index (χ3n) is 4.86. The second kappa shape index (κ2) is 7.55. The maximum Gasteiger partial charge on any atom is 0.225 e. The number of rotatable bonds is 6. The van der Waals surface area contributed by atoms with Crippen LogP contribution in [-0.2, 0) is 6.42 Å². The number of anilines is 3. The van der Waals surface area contributed by atoms with Gasteiger partial charge >= 0.3 is 0 Å². The minimum absolute atomic E-state index is 0.233. The predicted octanol–water partition coefficient (Wildman–Crippen LogP) is 2.38. The van der Waals surface area contributed by atoms with Crippen molar-refractivity contribution in [2.24, 2.45) is 0 Å². The van der Waals surface area contributed by atoms with Crippen LogP contribution in [0.25, 0.3) is 11.0 Å². The van der Waals surface area contributed by atoms with Gasteiger partial charge in [0.25, 0.3) is 0 Å². The molecule has 2 aromatic heterocycles. The van der Waals surface area contributed by atoms with Gasteiger partial charge in [0.2, 0.25) is 11.9 Å². The lowest BCUT2D eigenvalue weighted by Gasteiger charge is -2.19. The normalized spacial score (nSPS) is 18.1. The monoisotopic (exact) mass is 379 g/mol. The Morgan fingerprint density at radius 1 is 1.14 bits per heavy atom. The average Bonchev–Trinajstić information content (AvgIpc) is 3.01. The van der Waals surface area contributed by atoms with Crippen LogP contribution < -0.4 is 15.5 Å². The van der Waals surface area contributed by atoms with Gasteiger partial charge in [0, 0.05) is 27.1 Å². The number of aliphatic hydroxyl groups is 1. The molecule has 0 saturated carbocycles. The summed E-state index contributed by atoms with van der Waals surface area (Å²) in [5, 5.41) is 17.0. The molecule has 0 fully saturated rings. The van der Waals surface area contributed by atoms with Crippen molar-refractivity contribution in [1.29, 1.82) is 0 Å². The summed E-state index contributed by atoms with van der Waals surface area (Å²) >= 11 is 0. The van der Waals surface area contributed by atoms with Crippen molar-refractivity contribution in [3.63, 3.8) is 0 Å². The van der Waals surface area contributed by atoms with E-state index in [1.807, 2.05) is 43.3 Å². The number of fused-ring (bicyclic) bond motifs is 2. The van der Waals surface area contributed by atoms with Crippen molar-refractivity contribution in [2.45, 2.75) is 31.9 Å². The summed E-state index contributed by atoms with van der Waals surface area (Å²) in [7, 11) is 3.86. The Hall–Kier alpha value is -3.00. The molecule has 0 bridgehead atoms. The molecule has 1 aliphatic carbocycles. The molecule has 1 aliphatic rings. The van der Waals surface area contributed by atoms with E-state index in [1.165, 1.54) is 0 Å². The van der Waals surface area contributed by atoms with Crippen molar-refractivity contribution in [1.82, 2.24) is 19.9 Å². The molecule has 0 amide bonds. The second-order valence-corrected chi connectivity index (χ2v) is 7.21. The van der Waals surface area contributed by atoms with Crippen LogP contribution in [0.15, 0.2) is 30.5 Å². The summed E-state index contributed by atoms with van der Waals surface area (Å²) in [5.41, 5.74) is 3.58. The van der Waals surface area contributed by atoms with Crippen LogP contribution in [0, 0.1) is 0 Å². The molecule has 8 heteroatoms. The summed E-state index contributed by atoms with van der Waals surface area (Å²) in [6, 6.07) is 7.82. The lowest BCUT2D eigenvalue weighted by molar-refractivity contribution is 0.165. The molecule has 3 aromatic rings. The highest BCUT2D eigenvalue weighted by Gasteiger charge is 2.31.